The molecular weight excluding hydrogens is 294 g/mol. The van der Waals surface area contributed by atoms with Crippen LogP contribution in [0.4, 0.5) is 11.5 Å². The van der Waals surface area contributed by atoms with Gasteiger partial charge in [0.15, 0.2) is 0 Å². The van der Waals surface area contributed by atoms with Crippen LogP contribution in [0.2, 0.25) is 5.02 Å². The van der Waals surface area contributed by atoms with Gasteiger partial charge in [0, 0.05) is 22.7 Å². The maximum atomic E-state index is 10.7. The van der Waals surface area contributed by atoms with Crippen molar-refractivity contribution in [1.82, 2.24) is 4.98 Å². The number of hydrogen-bond donors (Lipinski definition) is 2. The average molecular weight is 308 g/mol. The monoisotopic (exact) mass is 307 g/mol. The molecule has 21 heavy (non-hydrogen) atoms. The van der Waals surface area contributed by atoms with Crippen molar-refractivity contribution in [2.24, 2.45) is 0 Å². The Kier molecular flexibility index (Phi) is 4.72. The van der Waals surface area contributed by atoms with Crippen LogP contribution in [-0.4, -0.2) is 21.6 Å². The van der Waals surface area contributed by atoms with Crippen LogP contribution < -0.4 is 5.32 Å². The SMILES string of the molecule is Cc1cc(NCC(O)c2ccccc2Cl)ncc1[N+](=O)[O-]. The lowest BCUT2D eigenvalue weighted by Gasteiger charge is -2.14. The number of aryl methyl sites for hydroxylation is 1. The average Bonchev–Trinajstić information content (AvgIpc) is 2.45. The van der Waals surface area contributed by atoms with Gasteiger partial charge in [0.2, 0.25) is 0 Å². The lowest BCUT2D eigenvalue weighted by Crippen LogP contribution is -2.13. The first-order valence-electron chi connectivity index (χ1n) is 6.26. The quantitative estimate of drug-likeness (QED) is 0.654. The molecule has 0 saturated carbocycles. The van der Waals surface area contributed by atoms with Gasteiger partial charge in [-0.2, -0.15) is 0 Å². The second-order valence-electron chi connectivity index (χ2n) is 4.53. The van der Waals surface area contributed by atoms with E-state index in [1.807, 2.05) is 0 Å². The number of aromatic nitrogens is 1. The first kappa shape index (κ1) is 15.2. The largest absolute Gasteiger partial charge is 0.387 e. The Balaban J connectivity index is 2.05. The number of halogens is 1. The van der Waals surface area contributed by atoms with E-state index in [4.69, 9.17) is 11.6 Å². The second kappa shape index (κ2) is 6.51. The van der Waals surface area contributed by atoms with Crippen molar-refractivity contribution in [1.29, 1.82) is 0 Å². The van der Waals surface area contributed by atoms with Crippen LogP contribution >= 0.6 is 11.6 Å². The van der Waals surface area contributed by atoms with Gasteiger partial charge in [0.25, 0.3) is 5.69 Å². The highest BCUT2D eigenvalue weighted by Crippen LogP contribution is 2.23. The van der Waals surface area contributed by atoms with E-state index in [9.17, 15) is 15.2 Å². The molecule has 1 aromatic heterocycles. The summed E-state index contributed by atoms with van der Waals surface area (Å²) in [4.78, 5) is 14.2. The molecule has 0 fully saturated rings. The first-order valence-corrected chi connectivity index (χ1v) is 6.64. The van der Waals surface area contributed by atoms with E-state index in [-0.39, 0.29) is 12.2 Å². The third kappa shape index (κ3) is 3.68. The van der Waals surface area contributed by atoms with Crippen molar-refractivity contribution < 1.29 is 10.0 Å². The molecule has 0 aliphatic heterocycles. The Morgan fingerprint density at radius 2 is 2.19 bits per heavy atom. The summed E-state index contributed by atoms with van der Waals surface area (Å²) in [5.41, 5.74) is 1.09. The van der Waals surface area contributed by atoms with Gasteiger partial charge in [-0.05, 0) is 19.1 Å². The number of anilines is 1. The van der Waals surface area contributed by atoms with Crippen LogP contribution in [0.25, 0.3) is 0 Å². The Bertz CT molecular complexity index is 664. The molecule has 1 aromatic carbocycles. The van der Waals surface area contributed by atoms with Crippen LogP contribution in [0.5, 0.6) is 0 Å². The molecule has 110 valence electrons. The highest BCUT2D eigenvalue weighted by atomic mass is 35.5. The first-order chi connectivity index (χ1) is 9.99. The molecule has 0 aliphatic rings. The van der Waals surface area contributed by atoms with Crippen LogP contribution in [0.15, 0.2) is 36.5 Å². The summed E-state index contributed by atoms with van der Waals surface area (Å²) >= 11 is 6.00. The highest BCUT2D eigenvalue weighted by Gasteiger charge is 2.13. The standard InChI is InChI=1S/C14H14ClN3O3/c1-9-6-14(16-7-12(9)18(20)21)17-8-13(19)10-4-2-3-5-11(10)15/h2-7,13,19H,8H2,1H3,(H,16,17). The molecule has 0 spiro atoms. The number of rotatable bonds is 5. The zero-order chi connectivity index (χ0) is 15.4. The van der Waals surface area contributed by atoms with Crippen molar-refractivity contribution in [2.45, 2.75) is 13.0 Å². The zero-order valence-corrected chi connectivity index (χ0v) is 12.0. The van der Waals surface area contributed by atoms with Crippen molar-refractivity contribution in [3.05, 3.63) is 62.8 Å². The molecular formula is C14H14ClN3O3. The molecule has 6 nitrogen and oxygen atoms in total. The maximum absolute atomic E-state index is 10.7. The van der Waals surface area contributed by atoms with E-state index in [0.29, 0.717) is 22.0 Å². The van der Waals surface area contributed by atoms with Crippen LogP contribution in [0, 0.1) is 17.0 Å². The normalized spacial score (nSPS) is 12.0. The van der Waals surface area contributed by atoms with Gasteiger partial charge in [0.05, 0.1) is 11.0 Å². The number of nitrogens with zero attached hydrogens (tertiary/aromatic N) is 2. The Labute approximate surface area is 126 Å². The maximum Gasteiger partial charge on any atom is 0.290 e. The molecule has 1 atom stereocenters. The summed E-state index contributed by atoms with van der Waals surface area (Å²) < 4.78 is 0. The minimum atomic E-state index is -0.795. The highest BCUT2D eigenvalue weighted by molar-refractivity contribution is 6.31. The molecule has 0 aliphatic carbocycles. The summed E-state index contributed by atoms with van der Waals surface area (Å²) in [7, 11) is 0. The van der Waals surface area contributed by atoms with Crippen molar-refractivity contribution >= 4 is 23.1 Å². The Hall–Kier alpha value is -2.18. The fourth-order valence-corrected chi connectivity index (χ4v) is 2.15. The number of nitrogens with one attached hydrogen (secondary N) is 1. The minimum Gasteiger partial charge on any atom is -0.387 e. The fourth-order valence-electron chi connectivity index (χ4n) is 1.89. The third-order valence-corrected chi connectivity index (χ3v) is 3.36. The van der Waals surface area contributed by atoms with E-state index in [1.54, 1.807) is 37.3 Å². The molecule has 0 radical (unpaired) electrons. The predicted molar refractivity (Wildman–Crippen MR) is 80.5 cm³/mol. The lowest BCUT2D eigenvalue weighted by molar-refractivity contribution is -0.385. The van der Waals surface area contributed by atoms with Gasteiger partial charge in [-0.1, -0.05) is 29.8 Å². The van der Waals surface area contributed by atoms with Crippen molar-refractivity contribution in [2.75, 3.05) is 11.9 Å². The van der Waals surface area contributed by atoms with Crippen LogP contribution in [0.3, 0.4) is 0 Å². The summed E-state index contributed by atoms with van der Waals surface area (Å²) in [5, 5.41) is 24.2. The van der Waals surface area contributed by atoms with Gasteiger partial charge >= 0.3 is 0 Å². The van der Waals surface area contributed by atoms with Gasteiger partial charge in [-0.25, -0.2) is 4.98 Å². The third-order valence-electron chi connectivity index (χ3n) is 3.02. The summed E-state index contributed by atoms with van der Waals surface area (Å²) in [5.74, 6) is 0.462. The van der Waals surface area contributed by atoms with E-state index in [2.05, 4.69) is 10.3 Å². The van der Waals surface area contributed by atoms with Crippen molar-refractivity contribution in [3.63, 3.8) is 0 Å². The summed E-state index contributed by atoms with van der Waals surface area (Å²) in [6.45, 7) is 1.84. The topological polar surface area (TPSA) is 88.3 Å². The van der Waals surface area contributed by atoms with Crippen LogP contribution in [0.1, 0.15) is 17.2 Å². The molecule has 7 heteroatoms. The summed E-state index contributed by atoms with van der Waals surface area (Å²) in [6.07, 6.45) is 0.399. The molecule has 1 unspecified atom stereocenters. The van der Waals surface area contributed by atoms with E-state index >= 15 is 0 Å². The van der Waals surface area contributed by atoms with Gasteiger partial charge in [-0.3, -0.25) is 10.1 Å². The lowest BCUT2D eigenvalue weighted by atomic mass is 10.1. The van der Waals surface area contributed by atoms with E-state index < -0.39 is 11.0 Å². The van der Waals surface area contributed by atoms with Gasteiger partial charge < -0.3 is 10.4 Å². The molecule has 2 N–H and O–H groups in total. The predicted octanol–water partition coefficient (Wildman–Crippen LogP) is 3.10. The summed E-state index contributed by atoms with van der Waals surface area (Å²) in [6, 6.07) is 8.58. The van der Waals surface area contributed by atoms with Crippen molar-refractivity contribution in [3.8, 4) is 0 Å². The number of benzene rings is 1. The molecule has 0 bridgehead atoms. The van der Waals surface area contributed by atoms with E-state index in [0.717, 1.165) is 0 Å². The fraction of sp³-hybridized carbons (Fsp3) is 0.214. The Morgan fingerprint density at radius 1 is 1.48 bits per heavy atom. The molecule has 0 saturated heterocycles. The molecule has 2 rings (SSSR count). The second-order valence-corrected chi connectivity index (χ2v) is 4.94. The number of aliphatic hydroxyl groups excluding tert-OH is 1. The van der Waals surface area contributed by atoms with Gasteiger partial charge in [0.1, 0.15) is 12.0 Å². The minimum absolute atomic E-state index is 0.0350. The zero-order valence-electron chi connectivity index (χ0n) is 11.3. The van der Waals surface area contributed by atoms with E-state index in [1.165, 1.54) is 6.20 Å². The molecule has 0 amide bonds. The number of aliphatic hydroxyl groups is 1. The Morgan fingerprint density at radius 3 is 2.81 bits per heavy atom. The van der Waals surface area contributed by atoms with Gasteiger partial charge in [-0.15, -0.1) is 0 Å². The number of pyridine rings is 1. The smallest absolute Gasteiger partial charge is 0.290 e. The van der Waals surface area contributed by atoms with Crippen LogP contribution in [-0.2, 0) is 0 Å². The molecule has 1 heterocycles. The number of hydrogen-bond acceptors (Lipinski definition) is 5. The number of nitro groups is 1. The molecule has 2 aromatic rings.